The standard InChI is InChI=1S/C12H9Cl3N2O/c13-8-3-9(14)12(10(15)4-8)18-6-7-1-2-11(16)17-5-7/h1-5H,6H2,(H2,16,17). The normalized spacial score (nSPS) is 10.4. The lowest BCUT2D eigenvalue weighted by Crippen LogP contribution is -1.98. The summed E-state index contributed by atoms with van der Waals surface area (Å²) in [5.74, 6) is 0.862. The Kier molecular flexibility index (Phi) is 4.17. The van der Waals surface area contributed by atoms with Crippen LogP contribution in [0.5, 0.6) is 5.75 Å². The number of aromatic nitrogens is 1. The first-order valence-electron chi connectivity index (χ1n) is 5.04. The molecule has 0 aliphatic rings. The summed E-state index contributed by atoms with van der Waals surface area (Å²) in [6.07, 6.45) is 1.63. The lowest BCUT2D eigenvalue weighted by Gasteiger charge is -2.10. The van der Waals surface area contributed by atoms with E-state index >= 15 is 0 Å². The van der Waals surface area contributed by atoms with E-state index in [1.807, 2.05) is 6.07 Å². The van der Waals surface area contributed by atoms with Gasteiger partial charge < -0.3 is 10.5 Å². The minimum absolute atomic E-state index is 0.300. The molecule has 0 amide bonds. The van der Waals surface area contributed by atoms with Crippen molar-refractivity contribution in [2.24, 2.45) is 0 Å². The molecule has 0 saturated heterocycles. The summed E-state index contributed by atoms with van der Waals surface area (Å²) in [6, 6.07) is 6.67. The minimum Gasteiger partial charge on any atom is -0.486 e. The monoisotopic (exact) mass is 302 g/mol. The fraction of sp³-hybridized carbons (Fsp3) is 0.0833. The predicted molar refractivity (Wildman–Crippen MR) is 74.5 cm³/mol. The van der Waals surface area contributed by atoms with Crippen LogP contribution in [0.1, 0.15) is 5.56 Å². The van der Waals surface area contributed by atoms with E-state index in [1.165, 1.54) is 0 Å². The molecule has 2 N–H and O–H groups in total. The number of hydrogen-bond acceptors (Lipinski definition) is 3. The van der Waals surface area contributed by atoms with Gasteiger partial charge in [-0.1, -0.05) is 40.9 Å². The van der Waals surface area contributed by atoms with Crippen LogP contribution in [0.3, 0.4) is 0 Å². The van der Waals surface area contributed by atoms with Crippen LogP contribution in [-0.4, -0.2) is 4.98 Å². The molecule has 0 spiro atoms. The third-order valence-corrected chi connectivity index (χ3v) is 2.97. The number of nitrogen functional groups attached to an aromatic ring is 1. The van der Waals surface area contributed by atoms with Gasteiger partial charge in [0.2, 0.25) is 0 Å². The van der Waals surface area contributed by atoms with E-state index in [0.29, 0.717) is 33.2 Å². The average molecular weight is 304 g/mol. The zero-order chi connectivity index (χ0) is 13.1. The molecule has 1 aromatic carbocycles. The number of pyridine rings is 1. The Balaban J connectivity index is 2.13. The van der Waals surface area contributed by atoms with E-state index in [0.717, 1.165) is 5.56 Å². The molecular weight excluding hydrogens is 295 g/mol. The summed E-state index contributed by atoms with van der Waals surface area (Å²) in [5.41, 5.74) is 6.36. The van der Waals surface area contributed by atoms with E-state index in [4.69, 9.17) is 45.3 Å². The van der Waals surface area contributed by atoms with Gasteiger partial charge in [-0.25, -0.2) is 4.98 Å². The summed E-state index contributed by atoms with van der Waals surface area (Å²) < 4.78 is 5.55. The first-order valence-corrected chi connectivity index (χ1v) is 6.17. The number of ether oxygens (including phenoxy) is 1. The lowest BCUT2D eigenvalue weighted by atomic mass is 10.3. The molecule has 0 bridgehead atoms. The largest absolute Gasteiger partial charge is 0.486 e. The summed E-state index contributed by atoms with van der Waals surface area (Å²) in [7, 11) is 0. The van der Waals surface area contributed by atoms with E-state index in [-0.39, 0.29) is 0 Å². The maximum atomic E-state index is 6.00. The smallest absolute Gasteiger partial charge is 0.157 e. The molecule has 1 heterocycles. The van der Waals surface area contributed by atoms with Crippen LogP contribution in [0.25, 0.3) is 0 Å². The third kappa shape index (κ3) is 3.19. The molecule has 6 heteroatoms. The molecular formula is C12H9Cl3N2O. The summed E-state index contributed by atoms with van der Waals surface area (Å²) in [4.78, 5) is 3.96. The molecule has 2 aromatic rings. The van der Waals surface area contributed by atoms with Gasteiger partial charge in [-0.3, -0.25) is 0 Å². The maximum Gasteiger partial charge on any atom is 0.157 e. The van der Waals surface area contributed by atoms with Crippen molar-refractivity contribution in [1.82, 2.24) is 4.98 Å². The van der Waals surface area contributed by atoms with Gasteiger partial charge in [0.25, 0.3) is 0 Å². The highest BCUT2D eigenvalue weighted by Crippen LogP contribution is 2.36. The van der Waals surface area contributed by atoms with Crippen LogP contribution >= 0.6 is 34.8 Å². The molecule has 0 unspecified atom stereocenters. The predicted octanol–water partition coefficient (Wildman–Crippen LogP) is 4.20. The zero-order valence-electron chi connectivity index (χ0n) is 9.16. The number of hydrogen-bond donors (Lipinski definition) is 1. The molecule has 0 fully saturated rings. The highest BCUT2D eigenvalue weighted by atomic mass is 35.5. The molecule has 1 aromatic heterocycles. The number of rotatable bonds is 3. The average Bonchev–Trinajstić information content (AvgIpc) is 2.30. The van der Waals surface area contributed by atoms with Crippen LogP contribution in [0.4, 0.5) is 5.82 Å². The van der Waals surface area contributed by atoms with Gasteiger partial charge in [-0.05, 0) is 18.2 Å². The molecule has 94 valence electrons. The Morgan fingerprint density at radius 1 is 1.11 bits per heavy atom. The van der Waals surface area contributed by atoms with Crippen molar-refractivity contribution in [3.63, 3.8) is 0 Å². The number of benzene rings is 1. The molecule has 3 nitrogen and oxygen atoms in total. The summed E-state index contributed by atoms with van der Waals surface area (Å²) in [5, 5.41) is 1.21. The molecule has 18 heavy (non-hydrogen) atoms. The Morgan fingerprint density at radius 2 is 1.78 bits per heavy atom. The van der Waals surface area contributed by atoms with Crippen molar-refractivity contribution >= 4 is 40.6 Å². The highest BCUT2D eigenvalue weighted by molar-refractivity contribution is 6.40. The Morgan fingerprint density at radius 3 is 2.33 bits per heavy atom. The van der Waals surface area contributed by atoms with E-state index in [1.54, 1.807) is 24.4 Å². The quantitative estimate of drug-likeness (QED) is 0.924. The molecule has 2 rings (SSSR count). The van der Waals surface area contributed by atoms with Crippen molar-refractivity contribution in [2.45, 2.75) is 6.61 Å². The Bertz CT molecular complexity index is 535. The van der Waals surface area contributed by atoms with Gasteiger partial charge in [0, 0.05) is 16.8 Å². The van der Waals surface area contributed by atoms with Crippen LogP contribution in [-0.2, 0) is 6.61 Å². The molecule has 0 radical (unpaired) electrons. The topological polar surface area (TPSA) is 48.1 Å². The molecule has 0 saturated carbocycles. The van der Waals surface area contributed by atoms with Gasteiger partial charge in [0.15, 0.2) is 5.75 Å². The van der Waals surface area contributed by atoms with E-state index < -0.39 is 0 Å². The van der Waals surface area contributed by atoms with Gasteiger partial charge in [0.05, 0.1) is 10.0 Å². The fourth-order valence-corrected chi connectivity index (χ4v) is 2.27. The van der Waals surface area contributed by atoms with Crippen molar-refractivity contribution in [2.75, 3.05) is 5.73 Å². The first kappa shape index (κ1) is 13.3. The third-order valence-electron chi connectivity index (χ3n) is 2.19. The summed E-state index contributed by atoms with van der Waals surface area (Å²) in [6.45, 7) is 0.300. The number of nitrogens with two attached hydrogens (primary N) is 1. The van der Waals surface area contributed by atoms with Gasteiger partial charge >= 0.3 is 0 Å². The zero-order valence-corrected chi connectivity index (χ0v) is 11.4. The highest BCUT2D eigenvalue weighted by Gasteiger charge is 2.09. The SMILES string of the molecule is Nc1ccc(COc2c(Cl)cc(Cl)cc2Cl)cn1. The van der Waals surface area contributed by atoms with Crippen LogP contribution in [0, 0.1) is 0 Å². The maximum absolute atomic E-state index is 6.00. The van der Waals surface area contributed by atoms with Crippen LogP contribution < -0.4 is 10.5 Å². The number of anilines is 1. The van der Waals surface area contributed by atoms with E-state index in [9.17, 15) is 0 Å². The van der Waals surface area contributed by atoms with Crippen molar-refractivity contribution in [1.29, 1.82) is 0 Å². The molecule has 0 aliphatic heterocycles. The van der Waals surface area contributed by atoms with Gasteiger partial charge in [-0.2, -0.15) is 0 Å². The fourth-order valence-electron chi connectivity index (χ4n) is 1.34. The molecule has 0 aliphatic carbocycles. The van der Waals surface area contributed by atoms with Crippen molar-refractivity contribution < 1.29 is 4.74 Å². The number of nitrogens with zero attached hydrogens (tertiary/aromatic N) is 1. The van der Waals surface area contributed by atoms with Crippen molar-refractivity contribution in [3.05, 3.63) is 51.1 Å². The minimum atomic E-state index is 0.300. The van der Waals surface area contributed by atoms with Crippen LogP contribution in [0.15, 0.2) is 30.5 Å². The second kappa shape index (κ2) is 5.65. The summed E-state index contributed by atoms with van der Waals surface area (Å²) >= 11 is 17.8. The van der Waals surface area contributed by atoms with Crippen LogP contribution in [0.2, 0.25) is 15.1 Å². The van der Waals surface area contributed by atoms with Gasteiger partial charge in [0.1, 0.15) is 12.4 Å². The Hall–Kier alpha value is -1.16. The first-order chi connectivity index (χ1) is 8.56. The second-order valence-corrected chi connectivity index (χ2v) is 4.83. The second-order valence-electron chi connectivity index (χ2n) is 3.58. The van der Waals surface area contributed by atoms with Crippen molar-refractivity contribution in [3.8, 4) is 5.75 Å². The molecule has 0 atom stereocenters. The Labute approximate surface area is 119 Å². The number of halogens is 3. The van der Waals surface area contributed by atoms with Gasteiger partial charge in [-0.15, -0.1) is 0 Å². The lowest BCUT2D eigenvalue weighted by molar-refractivity contribution is 0.306. The van der Waals surface area contributed by atoms with E-state index in [2.05, 4.69) is 4.98 Å².